The van der Waals surface area contributed by atoms with Gasteiger partial charge in [0.1, 0.15) is 29.3 Å². The Morgan fingerprint density at radius 3 is 2.17 bits per heavy atom. The van der Waals surface area contributed by atoms with E-state index in [0.29, 0.717) is 28.4 Å². The normalized spacial score (nSPS) is 24.2. The van der Waals surface area contributed by atoms with Crippen molar-refractivity contribution in [3.63, 3.8) is 0 Å². The molecule has 52 heavy (non-hydrogen) atoms. The molecule has 4 aromatic heterocycles. The van der Waals surface area contributed by atoms with Gasteiger partial charge >= 0.3 is 34.8 Å². The maximum absolute atomic E-state index is 13.1. The van der Waals surface area contributed by atoms with Crippen LogP contribution in [0.2, 0.25) is 0 Å². The fourth-order valence-electron chi connectivity index (χ4n) is 4.97. The van der Waals surface area contributed by atoms with Gasteiger partial charge in [-0.1, -0.05) is 0 Å². The van der Waals surface area contributed by atoms with Crippen LogP contribution in [0.5, 0.6) is 5.75 Å². The molecular formula is C23H24N7O19P3. The topological polar surface area (TPSA) is 383 Å². The van der Waals surface area contributed by atoms with Gasteiger partial charge in [0, 0.05) is 48.8 Å². The lowest BCUT2D eigenvalue weighted by molar-refractivity contribution is -0.385. The largest absolute Gasteiger partial charge is 0.536 e. The third-order valence-corrected chi connectivity index (χ3v) is 10.8. The van der Waals surface area contributed by atoms with Crippen LogP contribution in [0, 0.1) is 10.1 Å². The quantitative estimate of drug-likeness (QED) is 0.0435. The summed E-state index contributed by atoms with van der Waals surface area (Å²) in [5.74, 6) is -4.49. The molecule has 29 heteroatoms. The SMILES string of the molecule is O=c1[nH]ccc2nccn12.O=c1n([C@]2(O)O[C@H](CO)[C@@H](O)[C@]2(O)c2cc(OP(=O)(O)OP(=O)(O)OP(=O)(O)O)cc([N+](=O)[O-])c2)ccc2nccn12. The van der Waals surface area contributed by atoms with E-state index in [2.05, 4.69) is 28.1 Å². The van der Waals surface area contributed by atoms with Crippen molar-refractivity contribution in [1.82, 2.24) is 28.3 Å². The summed E-state index contributed by atoms with van der Waals surface area (Å²) >= 11 is 0. The number of H-pyrrole nitrogens is 1. The van der Waals surface area contributed by atoms with Gasteiger partial charge in [0.25, 0.3) is 11.6 Å². The number of aliphatic hydroxyl groups is 4. The third-order valence-electron chi connectivity index (χ3n) is 7.06. The number of nitrogens with zero attached hydrogens (tertiary/aromatic N) is 6. The molecule has 9 N–H and O–H groups in total. The number of ether oxygens (including phenoxy) is 1. The minimum absolute atomic E-state index is 0.0641. The molecule has 0 saturated carbocycles. The molecule has 0 radical (unpaired) electrons. The third kappa shape index (κ3) is 7.52. The van der Waals surface area contributed by atoms with Crippen LogP contribution in [0.3, 0.4) is 0 Å². The molecule has 1 aromatic carbocycles. The second-order valence-corrected chi connectivity index (χ2v) is 14.7. The molecule has 1 saturated heterocycles. The predicted octanol–water partition coefficient (Wildman–Crippen LogP) is -1.63. The van der Waals surface area contributed by atoms with Crippen LogP contribution >= 0.6 is 23.5 Å². The fourth-order valence-corrected chi connectivity index (χ4v) is 7.98. The van der Waals surface area contributed by atoms with Crippen LogP contribution in [0.4, 0.5) is 5.69 Å². The van der Waals surface area contributed by atoms with Gasteiger partial charge in [-0.3, -0.25) is 23.8 Å². The Bertz CT molecular complexity index is 2420. The van der Waals surface area contributed by atoms with Crippen LogP contribution in [0.15, 0.2) is 77.1 Å². The van der Waals surface area contributed by atoms with Crippen molar-refractivity contribution in [1.29, 1.82) is 0 Å². The minimum Gasteiger partial charge on any atom is -0.404 e. The maximum atomic E-state index is 13.1. The molecule has 6 rings (SSSR count). The number of aliphatic hydroxyl groups excluding tert-OH is 2. The number of hydrogen-bond acceptors (Lipinski definition) is 17. The highest BCUT2D eigenvalue weighted by atomic mass is 31.3. The zero-order valence-corrected chi connectivity index (χ0v) is 28.0. The molecule has 5 heterocycles. The average molecular weight is 795 g/mol. The van der Waals surface area contributed by atoms with Gasteiger partial charge in [-0.2, -0.15) is 8.62 Å². The lowest BCUT2D eigenvalue weighted by Gasteiger charge is -2.38. The Hall–Kier alpha value is -4.49. The van der Waals surface area contributed by atoms with Crippen LogP contribution in [0.1, 0.15) is 5.56 Å². The lowest BCUT2D eigenvalue weighted by atomic mass is 9.84. The van der Waals surface area contributed by atoms with Crippen molar-refractivity contribution in [2.24, 2.45) is 0 Å². The molecular weight excluding hydrogens is 771 g/mol. The first-order valence-corrected chi connectivity index (χ1v) is 18.2. The molecule has 280 valence electrons. The summed E-state index contributed by atoms with van der Waals surface area (Å²) in [5, 5.41) is 55.6. The highest BCUT2D eigenvalue weighted by Gasteiger charge is 2.68. The van der Waals surface area contributed by atoms with E-state index in [1.54, 1.807) is 24.7 Å². The number of non-ortho nitro benzene ring substituents is 1. The van der Waals surface area contributed by atoms with Crippen molar-refractivity contribution >= 4 is 40.4 Å². The Balaban J connectivity index is 0.000000444. The highest BCUT2D eigenvalue weighted by Crippen LogP contribution is 2.66. The number of benzene rings is 1. The summed E-state index contributed by atoms with van der Waals surface area (Å²) < 4.78 is 54.4. The first-order chi connectivity index (χ1) is 24.1. The first-order valence-electron chi connectivity index (χ1n) is 13.7. The molecule has 1 aliphatic rings. The zero-order valence-electron chi connectivity index (χ0n) is 25.3. The second kappa shape index (κ2) is 13.8. The number of phosphoric acid groups is 3. The lowest BCUT2D eigenvalue weighted by Crippen LogP contribution is -2.58. The molecule has 0 bridgehead atoms. The van der Waals surface area contributed by atoms with Gasteiger partial charge in [-0.25, -0.2) is 37.8 Å². The molecule has 0 aliphatic carbocycles. The Kier molecular flexibility index (Phi) is 10.3. The minimum atomic E-state index is -6.01. The molecule has 26 nitrogen and oxygen atoms in total. The van der Waals surface area contributed by atoms with Gasteiger partial charge in [-0.15, -0.1) is 0 Å². The van der Waals surface area contributed by atoms with Crippen LogP contribution in [-0.2, 0) is 38.6 Å². The van der Waals surface area contributed by atoms with E-state index in [-0.39, 0.29) is 11.3 Å². The van der Waals surface area contributed by atoms with Gasteiger partial charge in [0.15, 0.2) is 5.60 Å². The molecule has 2 unspecified atom stereocenters. The number of aromatic nitrogens is 6. The molecule has 0 amide bonds. The molecule has 1 aliphatic heterocycles. The van der Waals surface area contributed by atoms with Crippen LogP contribution < -0.4 is 15.9 Å². The Labute approximate surface area is 285 Å². The average Bonchev–Trinajstić information content (AvgIpc) is 3.76. The smallest absolute Gasteiger partial charge is 0.404 e. The number of nitrogens with one attached hydrogen (secondary N) is 1. The van der Waals surface area contributed by atoms with E-state index in [1.165, 1.54) is 10.6 Å². The van der Waals surface area contributed by atoms with E-state index >= 15 is 0 Å². The fraction of sp³-hybridized carbons (Fsp3) is 0.217. The zero-order chi connectivity index (χ0) is 38.4. The summed E-state index contributed by atoms with van der Waals surface area (Å²) in [5.41, 5.74) is -5.88. The van der Waals surface area contributed by atoms with E-state index in [1.807, 2.05) is 0 Å². The number of rotatable bonds is 10. The van der Waals surface area contributed by atoms with E-state index < -0.39 is 81.4 Å². The Morgan fingerprint density at radius 2 is 1.58 bits per heavy atom. The number of aromatic amines is 1. The van der Waals surface area contributed by atoms with Gasteiger partial charge < -0.3 is 49.4 Å². The number of nitro benzene ring substituents is 1. The highest BCUT2D eigenvalue weighted by molar-refractivity contribution is 7.66. The number of hydrogen-bond donors (Lipinski definition) is 9. The number of imidazole rings is 2. The summed E-state index contributed by atoms with van der Waals surface area (Å²) in [4.78, 5) is 81.4. The van der Waals surface area contributed by atoms with E-state index in [4.69, 9.17) is 14.5 Å². The number of phosphoric ester groups is 1. The van der Waals surface area contributed by atoms with Crippen molar-refractivity contribution in [3.8, 4) is 5.75 Å². The van der Waals surface area contributed by atoms with E-state index in [9.17, 15) is 63.6 Å². The van der Waals surface area contributed by atoms with Crippen molar-refractivity contribution in [2.75, 3.05) is 6.61 Å². The predicted molar refractivity (Wildman–Crippen MR) is 165 cm³/mol. The molecule has 0 spiro atoms. The van der Waals surface area contributed by atoms with Gasteiger partial charge in [-0.05, 0) is 18.2 Å². The van der Waals surface area contributed by atoms with Crippen molar-refractivity contribution in [3.05, 3.63) is 104 Å². The van der Waals surface area contributed by atoms with Crippen molar-refractivity contribution in [2.45, 2.75) is 23.7 Å². The summed E-state index contributed by atoms with van der Waals surface area (Å²) in [7, 11) is -17.7. The molecule has 5 aromatic rings. The number of fused-ring (bicyclic) bond motifs is 2. The monoisotopic (exact) mass is 795 g/mol. The second-order valence-electron chi connectivity index (χ2n) is 10.4. The summed E-state index contributed by atoms with van der Waals surface area (Å²) in [6, 6.07) is 4.29. The maximum Gasteiger partial charge on any atom is 0.536 e. The van der Waals surface area contributed by atoms with Crippen LogP contribution in [-0.4, -0.2) is 92.1 Å². The standard InChI is InChI=1S/C17H19N4O18P3.C6H5N3O/c22-8-12-14(23)16(25,17(26,36-12)20-3-1-13-18-2-4-19(13)15(20)24)9-5-10(21(27)28)7-11(6-9)37-41(32,33)39-42(34,35)38-40(29,30)31;10-6-8-2-1-5-7-3-4-9(5)6/h1-7,12,14,22-23,25-26H,8H2,(H,32,33)(H,34,35)(H2,29,30,31);1-4H,(H,8,10)/t12-,14-,16-,17-;/m1./s1. The molecule has 6 atom stereocenters. The number of nitro groups is 1. The summed E-state index contributed by atoms with van der Waals surface area (Å²) in [6.07, 6.45) is 3.77. The summed E-state index contributed by atoms with van der Waals surface area (Å²) in [6.45, 7) is -1.09. The van der Waals surface area contributed by atoms with Crippen LogP contribution in [0.25, 0.3) is 11.3 Å². The van der Waals surface area contributed by atoms with Crippen molar-refractivity contribution < 1.29 is 76.5 Å². The van der Waals surface area contributed by atoms with E-state index in [0.717, 1.165) is 22.9 Å². The Morgan fingerprint density at radius 1 is 0.942 bits per heavy atom. The van der Waals surface area contributed by atoms with Gasteiger partial charge in [0.2, 0.25) is 0 Å². The van der Waals surface area contributed by atoms with Gasteiger partial charge in [0.05, 0.1) is 17.6 Å². The first kappa shape index (κ1) is 38.7. The molecule has 1 fully saturated rings.